The number of hydrogen-bond donors (Lipinski definition) is 1. The van der Waals surface area contributed by atoms with Gasteiger partial charge in [-0.2, -0.15) is 0 Å². The smallest absolute Gasteiger partial charge is 0.410 e. The van der Waals surface area contributed by atoms with Crippen LogP contribution >= 0.6 is 0 Å². The predicted molar refractivity (Wildman–Crippen MR) is 89.3 cm³/mol. The van der Waals surface area contributed by atoms with Gasteiger partial charge in [0.25, 0.3) is 5.66 Å². The lowest BCUT2D eigenvalue weighted by Crippen LogP contribution is -2.46. The first-order valence-electron chi connectivity index (χ1n) is 8.93. The van der Waals surface area contributed by atoms with Gasteiger partial charge in [0, 0.05) is 35.6 Å². The lowest BCUT2D eigenvalue weighted by atomic mass is 9.88. The summed E-state index contributed by atoms with van der Waals surface area (Å²) in [5.41, 5.74) is -0.796. The van der Waals surface area contributed by atoms with E-state index in [-0.39, 0.29) is 11.8 Å². The largest absolute Gasteiger partial charge is 0.444 e. The fourth-order valence-corrected chi connectivity index (χ4v) is 3.56. The average molecular weight is 326 g/mol. The number of ether oxygens (including phenoxy) is 1. The maximum atomic E-state index is 12.1. The molecular weight excluding hydrogens is 294 g/mol. The van der Waals surface area contributed by atoms with Crippen LogP contribution in [0, 0.1) is 10.8 Å². The molecular formula is C17H32N3O3+. The summed E-state index contributed by atoms with van der Waals surface area (Å²) < 4.78 is 6.66. The maximum absolute atomic E-state index is 12.1. The van der Waals surface area contributed by atoms with E-state index in [0.29, 0.717) is 12.5 Å². The fraction of sp³-hybridized carbons (Fsp3) is 0.941. The van der Waals surface area contributed by atoms with Crippen molar-refractivity contribution in [1.29, 1.82) is 0 Å². The molecule has 1 atom stereocenters. The Hall–Kier alpha value is -1.17. The molecule has 0 aromatic carbocycles. The maximum Gasteiger partial charge on any atom is 0.410 e. The summed E-state index contributed by atoms with van der Waals surface area (Å²) in [4.78, 5) is 25.9. The zero-order valence-electron chi connectivity index (χ0n) is 15.1. The molecule has 0 aromatic rings. The minimum Gasteiger partial charge on any atom is -0.444 e. The summed E-state index contributed by atoms with van der Waals surface area (Å²) in [6, 6.07) is 0. The Morgan fingerprint density at radius 1 is 1.35 bits per heavy atom. The van der Waals surface area contributed by atoms with Gasteiger partial charge in [0.05, 0.1) is 6.54 Å². The number of nitrogens with one attached hydrogen (secondary N) is 1. The summed E-state index contributed by atoms with van der Waals surface area (Å²) in [6.45, 7) is 10.6. The molecule has 0 bridgehead atoms. The molecule has 0 aromatic heterocycles. The van der Waals surface area contributed by atoms with Gasteiger partial charge in [0.15, 0.2) is 0 Å². The summed E-state index contributed by atoms with van der Waals surface area (Å²) >= 11 is 0. The summed E-state index contributed by atoms with van der Waals surface area (Å²) in [6.07, 6.45) is 4.57. The Bertz CT molecular complexity index is 439. The number of likely N-dealkylation sites (tertiary alicyclic amines) is 1. The molecule has 0 aliphatic carbocycles. The molecule has 0 radical (unpaired) electrons. The highest BCUT2D eigenvalue weighted by Crippen LogP contribution is 2.29. The summed E-state index contributed by atoms with van der Waals surface area (Å²) in [7, 11) is 0. The number of amides is 1. The fourth-order valence-electron chi connectivity index (χ4n) is 3.56. The first kappa shape index (κ1) is 18.2. The normalized spacial score (nSPS) is 26.6. The highest BCUT2D eigenvalue weighted by atomic mass is 16.6. The van der Waals surface area contributed by atoms with Crippen LogP contribution < -0.4 is 5.32 Å². The molecule has 132 valence electrons. The monoisotopic (exact) mass is 326 g/mol. The third-order valence-electron chi connectivity index (χ3n) is 5.06. The molecule has 6 nitrogen and oxygen atoms in total. The molecule has 2 aliphatic rings. The van der Waals surface area contributed by atoms with E-state index in [0.717, 1.165) is 51.7 Å². The Labute approximate surface area is 139 Å². The van der Waals surface area contributed by atoms with Gasteiger partial charge in [-0.05, 0) is 46.0 Å². The standard InChI is InChI=1S/C17H32N3O3/c1-5-17(18-10-13-20(17)22)9-6-14-7-11-19(12-8-14)15(21)23-16(2,3)4/h14,18H,5-13H2,1-4H3/q+1. The van der Waals surface area contributed by atoms with Crippen molar-refractivity contribution in [3.8, 4) is 0 Å². The topological polar surface area (TPSA) is 61.6 Å². The van der Waals surface area contributed by atoms with E-state index in [1.807, 2.05) is 25.7 Å². The molecule has 0 saturated carbocycles. The summed E-state index contributed by atoms with van der Waals surface area (Å²) in [5, 5.41) is 3.39. The van der Waals surface area contributed by atoms with Crippen molar-refractivity contribution < 1.29 is 14.3 Å². The van der Waals surface area contributed by atoms with Crippen molar-refractivity contribution in [2.45, 2.75) is 71.1 Å². The first-order valence-corrected chi connectivity index (χ1v) is 8.93. The molecule has 2 saturated heterocycles. The zero-order chi connectivity index (χ0) is 17.1. The molecule has 1 N–H and O–H groups in total. The van der Waals surface area contributed by atoms with E-state index in [4.69, 9.17) is 4.74 Å². The van der Waals surface area contributed by atoms with Crippen LogP contribution in [0.5, 0.6) is 0 Å². The molecule has 1 unspecified atom stereocenters. The van der Waals surface area contributed by atoms with Crippen molar-refractivity contribution in [2.24, 2.45) is 5.92 Å². The van der Waals surface area contributed by atoms with Crippen LogP contribution in [-0.2, 0) is 4.74 Å². The van der Waals surface area contributed by atoms with E-state index in [1.54, 1.807) is 0 Å². The van der Waals surface area contributed by atoms with Crippen LogP contribution in [0.1, 0.15) is 59.8 Å². The van der Waals surface area contributed by atoms with Crippen LogP contribution in [0.25, 0.3) is 0 Å². The first-order chi connectivity index (χ1) is 10.8. The van der Waals surface area contributed by atoms with Gasteiger partial charge in [0.2, 0.25) is 6.54 Å². The highest BCUT2D eigenvalue weighted by molar-refractivity contribution is 5.68. The van der Waals surface area contributed by atoms with E-state index >= 15 is 0 Å². The molecule has 2 heterocycles. The average Bonchev–Trinajstić information content (AvgIpc) is 2.85. The summed E-state index contributed by atoms with van der Waals surface area (Å²) in [5.74, 6) is 0.591. The van der Waals surface area contributed by atoms with Crippen molar-refractivity contribution >= 4 is 6.09 Å². The van der Waals surface area contributed by atoms with Gasteiger partial charge in [-0.15, -0.1) is 0 Å². The van der Waals surface area contributed by atoms with Crippen molar-refractivity contribution in [3.63, 3.8) is 0 Å². The highest BCUT2D eigenvalue weighted by Gasteiger charge is 2.47. The van der Waals surface area contributed by atoms with Crippen LogP contribution in [0.3, 0.4) is 0 Å². The molecule has 1 amide bonds. The van der Waals surface area contributed by atoms with Gasteiger partial charge >= 0.3 is 6.09 Å². The van der Waals surface area contributed by atoms with Gasteiger partial charge in [-0.25, -0.2) is 10.1 Å². The van der Waals surface area contributed by atoms with Gasteiger partial charge in [-0.1, -0.05) is 6.92 Å². The number of nitroso groups, excluding NO2 is 1. The Kier molecular flexibility index (Phi) is 5.65. The van der Waals surface area contributed by atoms with E-state index in [9.17, 15) is 9.70 Å². The number of rotatable bonds is 4. The number of piperidine rings is 1. The third-order valence-corrected chi connectivity index (χ3v) is 5.06. The van der Waals surface area contributed by atoms with Crippen molar-refractivity contribution in [3.05, 3.63) is 4.91 Å². The number of carbonyl (C=O) groups is 1. The van der Waals surface area contributed by atoms with Crippen LogP contribution in [0.4, 0.5) is 4.79 Å². The van der Waals surface area contributed by atoms with Crippen LogP contribution in [0.15, 0.2) is 0 Å². The SMILES string of the molecule is CCC1(CCC2CCN(C(=O)OC(C)(C)C)CC2)NCC[N+]1=O. The Morgan fingerprint density at radius 3 is 2.48 bits per heavy atom. The van der Waals surface area contributed by atoms with Crippen LogP contribution in [0.2, 0.25) is 0 Å². The second-order valence-corrected chi connectivity index (χ2v) is 7.86. The van der Waals surface area contributed by atoms with Crippen molar-refractivity contribution in [1.82, 2.24) is 10.2 Å². The van der Waals surface area contributed by atoms with E-state index in [2.05, 4.69) is 12.2 Å². The van der Waals surface area contributed by atoms with Crippen molar-refractivity contribution in [2.75, 3.05) is 26.2 Å². The van der Waals surface area contributed by atoms with Gasteiger partial charge in [0.1, 0.15) is 5.60 Å². The van der Waals surface area contributed by atoms with Gasteiger partial charge in [-0.3, -0.25) is 0 Å². The van der Waals surface area contributed by atoms with Gasteiger partial charge < -0.3 is 9.64 Å². The zero-order valence-corrected chi connectivity index (χ0v) is 15.1. The third kappa shape index (κ3) is 4.66. The molecule has 23 heavy (non-hydrogen) atoms. The molecule has 2 rings (SSSR count). The van der Waals surface area contributed by atoms with Crippen LogP contribution in [-0.4, -0.2) is 53.2 Å². The van der Waals surface area contributed by atoms with E-state index in [1.165, 1.54) is 4.76 Å². The quantitative estimate of drug-likeness (QED) is 0.807. The van der Waals surface area contributed by atoms with E-state index < -0.39 is 5.60 Å². The second-order valence-electron chi connectivity index (χ2n) is 7.86. The minimum atomic E-state index is -0.437. The number of nitrogens with zero attached hydrogens (tertiary/aromatic N) is 2. The molecule has 2 aliphatic heterocycles. The molecule has 0 spiro atoms. The lowest BCUT2D eigenvalue weighted by molar-refractivity contribution is -0.611. The lowest BCUT2D eigenvalue weighted by Gasteiger charge is -2.34. The Morgan fingerprint density at radius 2 is 2.00 bits per heavy atom. The Balaban J connectivity index is 1.77. The molecule has 6 heteroatoms. The number of hydrogen-bond acceptors (Lipinski definition) is 4. The molecule has 2 fully saturated rings. The minimum absolute atomic E-state index is 0.204. The number of carbonyl (C=O) groups excluding carboxylic acids is 1. The second kappa shape index (κ2) is 7.16. The predicted octanol–water partition coefficient (Wildman–Crippen LogP) is 2.90.